The molecular weight excluding hydrogens is 176 g/mol. The van der Waals surface area contributed by atoms with Gasteiger partial charge in [0.25, 0.3) is 0 Å². The van der Waals surface area contributed by atoms with Crippen molar-refractivity contribution in [3.8, 4) is 0 Å². The summed E-state index contributed by atoms with van der Waals surface area (Å²) in [5, 5.41) is 11.5. The van der Waals surface area contributed by atoms with E-state index in [1.807, 2.05) is 13.2 Å². The Bertz CT molecular complexity index is 294. The third-order valence-corrected chi connectivity index (χ3v) is 3.08. The Labute approximate surface area is 84.7 Å². The molecule has 14 heavy (non-hydrogen) atoms. The van der Waals surface area contributed by atoms with Crippen molar-refractivity contribution in [1.82, 2.24) is 20.3 Å². The first-order valence-electron chi connectivity index (χ1n) is 5.31. The molecule has 1 N–H and O–H groups in total. The molecule has 1 aromatic heterocycles. The van der Waals surface area contributed by atoms with E-state index in [1.165, 1.54) is 6.42 Å². The quantitative estimate of drug-likeness (QED) is 0.750. The molecule has 0 bridgehead atoms. The molecule has 0 aromatic carbocycles. The van der Waals surface area contributed by atoms with Gasteiger partial charge in [-0.05, 0) is 37.8 Å². The van der Waals surface area contributed by atoms with Gasteiger partial charge in [-0.15, -0.1) is 5.10 Å². The SMILES string of the molecule is CC1CNCCC1Cc1cn(C)nn1. The highest BCUT2D eigenvalue weighted by Crippen LogP contribution is 2.21. The molecule has 2 heterocycles. The molecule has 0 radical (unpaired) electrons. The molecule has 4 nitrogen and oxygen atoms in total. The topological polar surface area (TPSA) is 42.7 Å². The van der Waals surface area contributed by atoms with Crippen molar-refractivity contribution in [2.75, 3.05) is 13.1 Å². The van der Waals surface area contributed by atoms with Crippen LogP contribution in [0, 0.1) is 11.8 Å². The number of nitrogens with zero attached hydrogens (tertiary/aromatic N) is 3. The molecule has 1 aromatic rings. The predicted molar refractivity (Wildman–Crippen MR) is 54.8 cm³/mol. The number of aryl methyl sites for hydroxylation is 1. The first-order valence-corrected chi connectivity index (χ1v) is 5.31. The van der Waals surface area contributed by atoms with E-state index < -0.39 is 0 Å². The standard InChI is InChI=1S/C10H18N4/c1-8-6-11-4-3-9(8)5-10-7-14(2)13-12-10/h7-9,11H,3-6H2,1-2H3. The fourth-order valence-corrected chi connectivity index (χ4v) is 2.13. The number of rotatable bonds is 2. The van der Waals surface area contributed by atoms with Gasteiger partial charge >= 0.3 is 0 Å². The lowest BCUT2D eigenvalue weighted by Crippen LogP contribution is -2.35. The zero-order chi connectivity index (χ0) is 9.97. The fraction of sp³-hybridized carbons (Fsp3) is 0.800. The first kappa shape index (κ1) is 9.65. The number of piperidine rings is 1. The largest absolute Gasteiger partial charge is 0.316 e. The Morgan fingerprint density at radius 2 is 2.50 bits per heavy atom. The van der Waals surface area contributed by atoms with E-state index in [0.717, 1.165) is 37.0 Å². The summed E-state index contributed by atoms with van der Waals surface area (Å²) >= 11 is 0. The molecule has 2 atom stereocenters. The highest BCUT2D eigenvalue weighted by atomic mass is 15.4. The van der Waals surface area contributed by atoms with Gasteiger partial charge in [0.1, 0.15) is 0 Å². The maximum absolute atomic E-state index is 4.14. The Balaban J connectivity index is 1.95. The zero-order valence-electron chi connectivity index (χ0n) is 8.90. The maximum atomic E-state index is 4.14. The lowest BCUT2D eigenvalue weighted by atomic mass is 9.85. The predicted octanol–water partition coefficient (Wildman–Crippen LogP) is 0.603. The van der Waals surface area contributed by atoms with E-state index in [0.29, 0.717) is 0 Å². The van der Waals surface area contributed by atoms with E-state index in [9.17, 15) is 0 Å². The minimum Gasteiger partial charge on any atom is -0.316 e. The second-order valence-corrected chi connectivity index (χ2v) is 4.32. The second-order valence-electron chi connectivity index (χ2n) is 4.32. The Kier molecular flexibility index (Phi) is 2.82. The highest BCUT2D eigenvalue weighted by Gasteiger charge is 2.21. The number of nitrogens with one attached hydrogen (secondary N) is 1. The number of aromatic nitrogens is 3. The smallest absolute Gasteiger partial charge is 0.0829 e. The summed E-state index contributed by atoms with van der Waals surface area (Å²) in [6.45, 7) is 4.60. The monoisotopic (exact) mass is 194 g/mol. The van der Waals surface area contributed by atoms with Crippen molar-refractivity contribution >= 4 is 0 Å². The van der Waals surface area contributed by atoms with Gasteiger partial charge in [0.15, 0.2) is 0 Å². The van der Waals surface area contributed by atoms with Gasteiger partial charge in [0.2, 0.25) is 0 Å². The Morgan fingerprint density at radius 1 is 1.64 bits per heavy atom. The van der Waals surface area contributed by atoms with Crippen LogP contribution in [0.1, 0.15) is 19.0 Å². The fourth-order valence-electron chi connectivity index (χ4n) is 2.13. The van der Waals surface area contributed by atoms with Gasteiger partial charge in [-0.1, -0.05) is 12.1 Å². The third-order valence-electron chi connectivity index (χ3n) is 3.08. The molecule has 78 valence electrons. The molecule has 1 aliphatic rings. The minimum atomic E-state index is 0.755. The van der Waals surface area contributed by atoms with Crippen LogP contribution in [0.3, 0.4) is 0 Å². The molecule has 2 unspecified atom stereocenters. The third kappa shape index (κ3) is 2.12. The van der Waals surface area contributed by atoms with Crippen LogP contribution in [-0.4, -0.2) is 28.1 Å². The summed E-state index contributed by atoms with van der Waals surface area (Å²) in [7, 11) is 1.92. The second kappa shape index (κ2) is 4.09. The van der Waals surface area contributed by atoms with E-state index in [4.69, 9.17) is 0 Å². The van der Waals surface area contributed by atoms with Gasteiger partial charge < -0.3 is 5.32 Å². The van der Waals surface area contributed by atoms with Crippen molar-refractivity contribution in [2.45, 2.75) is 19.8 Å². The van der Waals surface area contributed by atoms with Gasteiger partial charge in [0, 0.05) is 13.2 Å². The number of hydrogen-bond acceptors (Lipinski definition) is 3. The molecule has 1 aliphatic heterocycles. The van der Waals surface area contributed by atoms with Crippen molar-refractivity contribution in [3.63, 3.8) is 0 Å². The zero-order valence-corrected chi connectivity index (χ0v) is 8.90. The van der Waals surface area contributed by atoms with Crippen LogP contribution in [0.5, 0.6) is 0 Å². The summed E-state index contributed by atoms with van der Waals surface area (Å²) in [5.74, 6) is 1.53. The summed E-state index contributed by atoms with van der Waals surface area (Å²) in [6.07, 6.45) is 4.36. The molecular formula is C10H18N4. The summed E-state index contributed by atoms with van der Waals surface area (Å²) in [6, 6.07) is 0. The molecule has 0 spiro atoms. The van der Waals surface area contributed by atoms with Gasteiger partial charge in [-0.2, -0.15) is 0 Å². The van der Waals surface area contributed by atoms with Crippen molar-refractivity contribution < 1.29 is 0 Å². The summed E-state index contributed by atoms with van der Waals surface area (Å²) in [4.78, 5) is 0. The molecule has 0 amide bonds. The average Bonchev–Trinajstić information content (AvgIpc) is 2.56. The van der Waals surface area contributed by atoms with Gasteiger partial charge in [0.05, 0.1) is 5.69 Å². The normalized spacial score (nSPS) is 27.9. The van der Waals surface area contributed by atoms with Crippen LogP contribution < -0.4 is 5.32 Å². The first-order chi connectivity index (χ1) is 6.75. The van der Waals surface area contributed by atoms with E-state index in [2.05, 4.69) is 22.6 Å². The van der Waals surface area contributed by atoms with Crippen LogP contribution >= 0.6 is 0 Å². The van der Waals surface area contributed by atoms with Gasteiger partial charge in [-0.3, -0.25) is 4.68 Å². The van der Waals surface area contributed by atoms with E-state index in [1.54, 1.807) is 4.68 Å². The Morgan fingerprint density at radius 3 is 3.14 bits per heavy atom. The summed E-state index contributed by atoms with van der Waals surface area (Å²) in [5.41, 5.74) is 1.13. The molecule has 0 aliphatic carbocycles. The van der Waals surface area contributed by atoms with Crippen LogP contribution in [0.2, 0.25) is 0 Å². The van der Waals surface area contributed by atoms with Crippen LogP contribution in [0.4, 0.5) is 0 Å². The van der Waals surface area contributed by atoms with Crippen LogP contribution in [0.25, 0.3) is 0 Å². The molecule has 1 saturated heterocycles. The van der Waals surface area contributed by atoms with E-state index >= 15 is 0 Å². The Hall–Kier alpha value is -0.900. The average molecular weight is 194 g/mol. The highest BCUT2D eigenvalue weighted by molar-refractivity contribution is 4.95. The molecule has 2 rings (SSSR count). The van der Waals surface area contributed by atoms with Crippen molar-refractivity contribution in [3.05, 3.63) is 11.9 Å². The molecule has 4 heteroatoms. The van der Waals surface area contributed by atoms with Crippen LogP contribution in [-0.2, 0) is 13.5 Å². The minimum absolute atomic E-state index is 0.755. The molecule has 0 saturated carbocycles. The lowest BCUT2D eigenvalue weighted by Gasteiger charge is -2.28. The molecule has 1 fully saturated rings. The van der Waals surface area contributed by atoms with Gasteiger partial charge in [-0.25, -0.2) is 0 Å². The lowest BCUT2D eigenvalue weighted by molar-refractivity contribution is 0.270. The summed E-state index contributed by atoms with van der Waals surface area (Å²) < 4.78 is 1.78. The number of hydrogen-bond donors (Lipinski definition) is 1. The maximum Gasteiger partial charge on any atom is 0.0829 e. The van der Waals surface area contributed by atoms with Crippen molar-refractivity contribution in [2.24, 2.45) is 18.9 Å². The van der Waals surface area contributed by atoms with E-state index in [-0.39, 0.29) is 0 Å². The van der Waals surface area contributed by atoms with Crippen molar-refractivity contribution in [1.29, 1.82) is 0 Å². The van der Waals surface area contributed by atoms with Crippen LogP contribution in [0.15, 0.2) is 6.20 Å².